The summed E-state index contributed by atoms with van der Waals surface area (Å²) in [5.74, 6) is -0.135. The molecule has 1 aromatic carbocycles. The van der Waals surface area contributed by atoms with Crippen LogP contribution in [-0.2, 0) is 16.1 Å². The van der Waals surface area contributed by atoms with Crippen LogP contribution in [0.3, 0.4) is 0 Å². The molecule has 7 heteroatoms. The number of carbonyl (C=O) groups is 1. The van der Waals surface area contributed by atoms with Crippen molar-refractivity contribution in [3.05, 3.63) is 37.7 Å². The minimum absolute atomic E-state index is 0.0696. The smallest absolute Gasteiger partial charge is 0.376 e. The topological polar surface area (TPSA) is 61.6 Å². The van der Waals surface area contributed by atoms with Gasteiger partial charge in [0.2, 0.25) is 11.7 Å². The number of oxazole rings is 1. The van der Waals surface area contributed by atoms with E-state index in [-0.39, 0.29) is 12.4 Å². The van der Waals surface area contributed by atoms with Gasteiger partial charge in [-0.15, -0.1) is 0 Å². The highest BCUT2D eigenvalue weighted by Gasteiger charge is 2.22. The van der Waals surface area contributed by atoms with E-state index in [2.05, 4.69) is 48.2 Å². The van der Waals surface area contributed by atoms with Crippen molar-refractivity contribution in [3.8, 4) is 11.5 Å². The second-order valence-corrected chi connectivity index (χ2v) is 5.92. The molecule has 0 aliphatic carbocycles. The Labute approximate surface area is 137 Å². The minimum Gasteiger partial charge on any atom is -0.463 e. The van der Waals surface area contributed by atoms with E-state index < -0.39 is 5.97 Å². The van der Waals surface area contributed by atoms with Gasteiger partial charge in [-0.25, -0.2) is 9.78 Å². The third-order valence-electron chi connectivity index (χ3n) is 2.51. The number of rotatable bonds is 4. The minimum atomic E-state index is -0.569. The predicted octanol–water partition coefficient (Wildman–Crippen LogP) is 3.64. The Bertz CT molecular complexity index is 641. The second kappa shape index (κ2) is 6.68. The van der Waals surface area contributed by atoms with E-state index in [0.29, 0.717) is 11.6 Å². The number of nitrogens with zero attached hydrogens (tertiary/aromatic N) is 1. The highest BCUT2D eigenvalue weighted by atomic mass is 127. The fraction of sp³-hybridized carbons (Fsp3) is 0.231. The maximum absolute atomic E-state index is 11.7. The Balaban J connectivity index is 2.52. The van der Waals surface area contributed by atoms with E-state index in [1.54, 1.807) is 0 Å². The molecule has 0 N–H and O–H groups in total. The van der Waals surface area contributed by atoms with Gasteiger partial charge < -0.3 is 13.9 Å². The lowest BCUT2D eigenvalue weighted by Gasteiger charge is -2.00. The van der Waals surface area contributed by atoms with Crippen LogP contribution in [0.2, 0.25) is 0 Å². The van der Waals surface area contributed by atoms with Crippen LogP contribution in [-0.4, -0.2) is 25.2 Å². The first-order valence-corrected chi connectivity index (χ1v) is 7.46. The Hall–Kier alpha value is -0.930. The van der Waals surface area contributed by atoms with Crippen LogP contribution in [0, 0.1) is 3.57 Å². The molecule has 0 aliphatic heterocycles. The molecule has 0 unspecified atom stereocenters. The van der Waals surface area contributed by atoms with Crippen LogP contribution in [0.15, 0.2) is 27.1 Å². The lowest BCUT2D eigenvalue weighted by atomic mass is 10.2. The first kappa shape index (κ1) is 15.5. The van der Waals surface area contributed by atoms with Crippen LogP contribution >= 0.6 is 38.5 Å². The molecule has 0 bridgehead atoms. The van der Waals surface area contributed by atoms with Crippen molar-refractivity contribution in [1.29, 1.82) is 0 Å². The molecule has 5 nitrogen and oxygen atoms in total. The van der Waals surface area contributed by atoms with E-state index in [1.165, 1.54) is 14.2 Å². The average Bonchev–Trinajstić information content (AvgIpc) is 2.85. The third kappa shape index (κ3) is 3.21. The van der Waals surface area contributed by atoms with Crippen molar-refractivity contribution in [2.24, 2.45) is 0 Å². The Morgan fingerprint density at radius 2 is 2.20 bits per heavy atom. The molecule has 0 aliphatic rings. The van der Waals surface area contributed by atoms with E-state index in [1.807, 2.05) is 18.2 Å². The summed E-state index contributed by atoms with van der Waals surface area (Å²) < 4.78 is 17.1. The molecule has 0 atom stereocenters. The van der Waals surface area contributed by atoms with E-state index in [9.17, 15) is 4.79 Å². The number of esters is 1. The van der Waals surface area contributed by atoms with Crippen molar-refractivity contribution in [2.75, 3.05) is 14.2 Å². The summed E-state index contributed by atoms with van der Waals surface area (Å²) in [6.07, 6.45) is 0. The van der Waals surface area contributed by atoms with Gasteiger partial charge in [0.25, 0.3) is 0 Å². The summed E-state index contributed by atoms with van der Waals surface area (Å²) in [5.41, 5.74) is 1.22. The number of benzene rings is 1. The number of halogens is 2. The van der Waals surface area contributed by atoms with Crippen molar-refractivity contribution in [3.63, 3.8) is 0 Å². The first-order valence-electron chi connectivity index (χ1n) is 5.59. The lowest BCUT2D eigenvalue weighted by molar-refractivity contribution is 0.0559. The van der Waals surface area contributed by atoms with E-state index in [4.69, 9.17) is 9.15 Å². The van der Waals surface area contributed by atoms with Crippen molar-refractivity contribution >= 4 is 44.5 Å². The summed E-state index contributed by atoms with van der Waals surface area (Å²) in [6, 6.07) is 5.73. The molecule has 0 radical (unpaired) electrons. The first-order chi connectivity index (χ1) is 9.56. The molecule has 1 aromatic heterocycles. The zero-order chi connectivity index (χ0) is 14.7. The number of methoxy groups -OCH3 is 2. The highest BCUT2D eigenvalue weighted by molar-refractivity contribution is 14.1. The number of aromatic nitrogens is 1. The molecule has 0 fully saturated rings. The molecule has 0 saturated carbocycles. The molecule has 1 heterocycles. The monoisotopic (exact) mass is 451 g/mol. The summed E-state index contributed by atoms with van der Waals surface area (Å²) in [6.45, 7) is 0.179. The fourth-order valence-corrected chi connectivity index (χ4v) is 2.54. The standard InChI is InChI=1S/C13H11BrINO4/c1-18-6-10-11(13(17)19-2)20-12(16-10)8-5-7(14)3-4-9(8)15/h3-5H,6H2,1-2H3. The molecule has 0 amide bonds. The van der Waals surface area contributed by atoms with Crippen LogP contribution in [0.5, 0.6) is 0 Å². The van der Waals surface area contributed by atoms with Gasteiger partial charge in [-0.3, -0.25) is 0 Å². The largest absolute Gasteiger partial charge is 0.463 e. The molecule has 106 valence electrons. The van der Waals surface area contributed by atoms with Crippen LogP contribution in [0.25, 0.3) is 11.5 Å². The zero-order valence-corrected chi connectivity index (χ0v) is 14.5. The SMILES string of the molecule is COCc1nc(-c2cc(Br)ccc2I)oc1C(=O)OC. The van der Waals surface area contributed by atoms with Crippen molar-refractivity contribution in [1.82, 2.24) is 4.98 Å². The van der Waals surface area contributed by atoms with Crippen molar-refractivity contribution < 1.29 is 18.7 Å². The third-order valence-corrected chi connectivity index (χ3v) is 3.94. The molecular weight excluding hydrogens is 441 g/mol. The molecule has 0 spiro atoms. The Morgan fingerprint density at radius 1 is 1.45 bits per heavy atom. The number of hydrogen-bond donors (Lipinski definition) is 0. The van der Waals surface area contributed by atoms with Crippen LogP contribution in [0.1, 0.15) is 16.2 Å². The van der Waals surface area contributed by atoms with Gasteiger partial charge in [0.1, 0.15) is 5.69 Å². The van der Waals surface area contributed by atoms with E-state index >= 15 is 0 Å². The van der Waals surface area contributed by atoms with Crippen LogP contribution < -0.4 is 0 Å². The molecule has 20 heavy (non-hydrogen) atoms. The van der Waals surface area contributed by atoms with Gasteiger partial charge in [-0.1, -0.05) is 15.9 Å². The fourth-order valence-electron chi connectivity index (χ4n) is 1.62. The summed E-state index contributed by atoms with van der Waals surface area (Å²) in [5, 5.41) is 0. The van der Waals surface area contributed by atoms with Gasteiger partial charge in [0.15, 0.2) is 0 Å². The molecule has 2 rings (SSSR count). The predicted molar refractivity (Wildman–Crippen MR) is 84.4 cm³/mol. The summed E-state index contributed by atoms with van der Waals surface area (Å²) in [4.78, 5) is 16.0. The molecular formula is C13H11BrINO4. The van der Waals surface area contributed by atoms with Gasteiger partial charge in [-0.05, 0) is 40.8 Å². The number of ether oxygens (including phenoxy) is 2. The normalized spacial score (nSPS) is 10.6. The lowest BCUT2D eigenvalue weighted by Crippen LogP contribution is -2.04. The Kier molecular flexibility index (Phi) is 5.17. The van der Waals surface area contributed by atoms with Crippen LogP contribution in [0.4, 0.5) is 0 Å². The maximum atomic E-state index is 11.7. The Morgan fingerprint density at radius 3 is 2.85 bits per heavy atom. The quantitative estimate of drug-likeness (QED) is 0.524. The van der Waals surface area contributed by atoms with Crippen molar-refractivity contribution in [2.45, 2.75) is 6.61 Å². The summed E-state index contributed by atoms with van der Waals surface area (Å²) in [7, 11) is 2.82. The molecule has 2 aromatic rings. The highest BCUT2D eigenvalue weighted by Crippen LogP contribution is 2.29. The average molecular weight is 452 g/mol. The molecule has 0 saturated heterocycles. The second-order valence-electron chi connectivity index (χ2n) is 3.84. The van der Waals surface area contributed by atoms with Gasteiger partial charge in [0, 0.05) is 15.2 Å². The summed E-state index contributed by atoms with van der Waals surface area (Å²) >= 11 is 5.58. The van der Waals surface area contributed by atoms with Gasteiger partial charge in [-0.2, -0.15) is 0 Å². The number of hydrogen-bond acceptors (Lipinski definition) is 5. The number of carbonyl (C=O) groups excluding carboxylic acids is 1. The van der Waals surface area contributed by atoms with E-state index in [0.717, 1.165) is 13.6 Å². The van der Waals surface area contributed by atoms with Gasteiger partial charge in [0.05, 0.1) is 19.3 Å². The maximum Gasteiger partial charge on any atom is 0.376 e. The zero-order valence-electron chi connectivity index (χ0n) is 10.8. The van der Waals surface area contributed by atoms with Gasteiger partial charge >= 0.3 is 5.97 Å².